The zero-order chi connectivity index (χ0) is 23.4. The van der Waals surface area contributed by atoms with Crippen LogP contribution in [0.15, 0.2) is 30.5 Å². The van der Waals surface area contributed by atoms with Crippen LogP contribution in [0.25, 0.3) is 0 Å². The van der Waals surface area contributed by atoms with E-state index >= 15 is 0 Å². The normalized spacial score (nSPS) is 17.7. The van der Waals surface area contributed by atoms with Gasteiger partial charge in [-0.3, -0.25) is 9.59 Å². The number of hydrogen-bond donors (Lipinski definition) is 0. The Morgan fingerprint density at radius 1 is 1.12 bits per heavy atom. The quantitative estimate of drug-likeness (QED) is 0.644. The number of para-hydroxylation sites is 1. The van der Waals surface area contributed by atoms with Crippen LogP contribution in [0.4, 0.5) is 5.69 Å². The highest BCUT2D eigenvalue weighted by Gasteiger charge is 2.31. The summed E-state index contributed by atoms with van der Waals surface area (Å²) >= 11 is 0. The van der Waals surface area contributed by atoms with Gasteiger partial charge in [-0.1, -0.05) is 18.2 Å². The molecule has 0 unspecified atom stereocenters. The molecule has 33 heavy (non-hydrogen) atoms. The highest BCUT2D eigenvalue weighted by molar-refractivity contribution is 5.94. The van der Waals surface area contributed by atoms with Gasteiger partial charge in [-0.2, -0.15) is 0 Å². The first kappa shape index (κ1) is 23.2. The van der Waals surface area contributed by atoms with Crippen LogP contribution in [0.2, 0.25) is 0 Å². The second-order valence-corrected chi connectivity index (χ2v) is 8.92. The Hall–Kier alpha value is -2.96. The number of benzene rings is 1. The van der Waals surface area contributed by atoms with Crippen LogP contribution in [-0.4, -0.2) is 64.3 Å². The largest absolute Gasteiger partial charge is 0.370 e. The summed E-state index contributed by atoms with van der Waals surface area (Å²) in [7, 11) is 0. The molecule has 2 aliphatic heterocycles. The first-order valence-electron chi connectivity index (χ1n) is 12.3. The van der Waals surface area contributed by atoms with Gasteiger partial charge in [0.25, 0.3) is 5.91 Å². The smallest absolute Gasteiger partial charge is 0.257 e. The number of hydrogen-bond acceptors (Lipinski definition) is 5. The topological polar surface area (TPSA) is 69.6 Å². The first-order chi connectivity index (χ1) is 16.0. The molecule has 0 aliphatic carbocycles. The molecule has 1 aromatic carbocycles. The third-order valence-electron chi connectivity index (χ3n) is 6.98. The van der Waals surface area contributed by atoms with Crippen molar-refractivity contribution < 1.29 is 9.59 Å². The fourth-order valence-electron chi connectivity index (χ4n) is 5.05. The molecule has 176 valence electrons. The maximum atomic E-state index is 13.3. The van der Waals surface area contributed by atoms with Crippen molar-refractivity contribution in [1.82, 2.24) is 19.8 Å². The minimum Gasteiger partial charge on any atom is -0.370 e. The number of aromatic nitrogens is 2. The summed E-state index contributed by atoms with van der Waals surface area (Å²) in [6.45, 7) is 9.56. The van der Waals surface area contributed by atoms with E-state index in [2.05, 4.69) is 34.1 Å². The van der Waals surface area contributed by atoms with Crippen molar-refractivity contribution in [2.24, 2.45) is 0 Å². The Morgan fingerprint density at radius 3 is 2.67 bits per heavy atom. The number of nitrogens with zero attached hydrogens (tertiary/aromatic N) is 5. The van der Waals surface area contributed by atoms with Crippen molar-refractivity contribution in [3.63, 3.8) is 0 Å². The van der Waals surface area contributed by atoms with Crippen molar-refractivity contribution in [3.8, 4) is 0 Å². The molecule has 0 spiro atoms. The molecule has 7 nitrogen and oxygen atoms in total. The third kappa shape index (κ3) is 4.87. The summed E-state index contributed by atoms with van der Waals surface area (Å²) in [6.07, 6.45) is 6.10. The Balaban J connectivity index is 1.45. The number of amides is 2. The summed E-state index contributed by atoms with van der Waals surface area (Å²) in [5.41, 5.74) is 3.85. The van der Waals surface area contributed by atoms with Crippen molar-refractivity contribution in [2.45, 2.75) is 58.9 Å². The SMILES string of the molecule is CCN(CC)C(=O)c1cnc([C@H]2CCCCN2C(=O)CCN2CCc3ccccc32)nc1C. The van der Waals surface area contributed by atoms with Crippen LogP contribution in [0.5, 0.6) is 0 Å². The van der Waals surface area contributed by atoms with E-state index in [4.69, 9.17) is 4.98 Å². The molecule has 1 aromatic heterocycles. The summed E-state index contributed by atoms with van der Waals surface area (Å²) in [4.78, 5) is 41.4. The molecule has 7 heteroatoms. The number of piperidine rings is 1. The van der Waals surface area contributed by atoms with Crippen molar-refractivity contribution in [2.75, 3.05) is 37.6 Å². The van der Waals surface area contributed by atoms with Gasteiger partial charge in [-0.15, -0.1) is 0 Å². The molecular formula is C26H35N5O2. The first-order valence-corrected chi connectivity index (χ1v) is 12.3. The monoisotopic (exact) mass is 449 g/mol. The average Bonchev–Trinajstić information content (AvgIpc) is 3.26. The van der Waals surface area contributed by atoms with E-state index in [0.29, 0.717) is 36.6 Å². The molecule has 1 fully saturated rings. The fraction of sp³-hybridized carbons (Fsp3) is 0.538. The molecule has 1 atom stereocenters. The van der Waals surface area contributed by atoms with Gasteiger partial charge in [0.2, 0.25) is 5.91 Å². The van der Waals surface area contributed by atoms with Gasteiger partial charge in [0.1, 0.15) is 0 Å². The number of rotatable bonds is 7. The van der Waals surface area contributed by atoms with Gasteiger partial charge in [0.05, 0.1) is 17.3 Å². The molecule has 0 radical (unpaired) electrons. The molecular weight excluding hydrogens is 414 g/mol. The molecule has 2 aromatic rings. The van der Waals surface area contributed by atoms with Crippen molar-refractivity contribution in [3.05, 3.63) is 53.1 Å². The average molecular weight is 450 g/mol. The Labute approximate surface area is 196 Å². The Morgan fingerprint density at radius 2 is 1.91 bits per heavy atom. The molecule has 1 saturated heterocycles. The van der Waals surface area contributed by atoms with Crippen LogP contribution in [0.3, 0.4) is 0 Å². The van der Waals surface area contributed by atoms with Crippen LogP contribution in [-0.2, 0) is 11.2 Å². The van der Waals surface area contributed by atoms with E-state index < -0.39 is 0 Å². The van der Waals surface area contributed by atoms with Gasteiger partial charge in [0, 0.05) is 51.0 Å². The molecule has 2 amide bonds. The van der Waals surface area contributed by atoms with Crippen LogP contribution < -0.4 is 4.90 Å². The van der Waals surface area contributed by atoms with E-state index in [9.17, 15) is 9.59 Å². The predicted molar refractivity (Wildman–Crippen MR) is 129 cm³/mol. The summed E-state index contributed by atoms with van der Waals surface area (Å²) in [5.74, 6) is 0.781. The summed E-state index contributed by atoms with van der Waals surface area (Å²) in [5, 5.41) is 0. The number of likely N-dealkylation sites (tertiary alicyclic amines) is 1. The molecule has 2 aliphatic rings. The number of carbonyl (C=O) groups is 2. The van der Waals surface area contributed by atoms with Gasteiger partial charge >= 0.3 is 0 Å². The molecule has 0 saturated carbocycles. The lowest BCUT2D eigenvalue weighted by Crippen LogP contribution is -2.41. The fourth-order valence-corrected chi connectivity index (χ4v) is 5.05. The summed E-state index contributed by atoms with van der Waals surface area (Å²) in [6, 6.07) is 8.34. The molecule has 4 rings (SSSR count). The predicted octanol–water partition coefficient (Wildman–Crippen LogP) is 3.77. The van der Waals surface area contributed by atoms with E-state index in [1.54, 1.807) is 11.1 Å². The molecule has 0 bridgehead atoms. The third-order valence-corrected chi connectivity index (χ3v) is 6.98. The van der Waals surface area contributed by atoms with E-state index in [1.165, 1.54) is 11.3 Å². The maximum Gasteiger partial charge on any atom is 0.257 e. The van der Waals surface area contributed by atoms with E-state index in [0.717, 1.165) is 45.3 Å². The molecule has 0 N–H and O–H groups in total. The van der Waals surface area contributed by atoms with Gasteiger partial charge in [-0.25, -0.2) is 9.97 Å². The van der Waals surface area contributed by atoms with Crippen LogP contribution >= 0.6 is 0 Å². The van der Waals surface area contributed by atoms with Crippen LogP contribution in [0.1, 0.15) is 73.0 Å². The summed E-state index contributed by atoms with van der Waals surface area (Å²) < 4.78 is 0. The lowest BCUT2D eigenvalue weighted by atomic mass is 10.0. The van der Waals surface area contributed by atoms with Crippen molar-refractivity contribution >= 4 is 17.5 Å². The number of fused-ring (bicyclic) bond motifs is 1. The van der Waals surface area contributed by atoms with Gasteiger partial charge < -0.3 is 14.7 Å². The minimum atomic E-state index is -0.117. The van der Waals surface area contributed by atoms with E-state index in [-0.39, 0.29) is 17.9 Å². The van der Waals surface area contributed by atoms with Crippen LogP contribution in [0, 0.1) is 6.92 Å². The maximum absolute atomic E-state index is 13.3. The van der Waals surface area contributed by atoms with Gasteiger partial charge in [0.15, 0.2) is 5.82 Å². The molecule has 3 heterocycles. The number of carbonyl (C=O) groups excluding carboxylic acids is 2. The number of aryl methyl sites for hydroxylation is 1. The highest BCUT2D eigenvalue weighted by atomic mass is 16.2. The lowest BCUT2D eigenvalue weighted by Gasteiger charge is -2.35. The Bertz CT molecular complexity index is 1000. The van der Waals surface area contributed by atoms with Crippen molar-refractivity contribution in [1.29, 1.82) is 0 Å². The standard InChI is InChI=1S/C26H35N5O2/c1-4-29(5-2)26(33)21-18-27-25(28-19(21)3)23-12-8-9-15-31(23)24(32)14-17-30-16-13-20-10-6-7-11-22(20)30/h6-7,10-11,18,23H,4-5,8-9,12-17H2,1-3H3/t23-/m1/s1. The zero-order valence-corrected chi connectivity index (χ0v) is 20.1. The minimum absolute atomic E-state index is 0.0356. The van der Waals surface area contributed by atoms with Gasteiger partial charge in [-0.05, 0) is 58.1 Å². The highest BCUT2D eigenvalue weighted by Crippen LogP contribution is 2.31. The second kappa shape index (κ2) is 10.3. The Kier molecular flexibility index (Phi) is 7.26. The number of anilines is 1. The second-order valence-electron chi connectivity index (χ2n) is 8.92. The van der Waals surface area contributed by atoms with E-state index in [1.807, 2.05) is 25.7 Å². The zero-order valence-electron chi connectivity index (χ0n) is 20.1. The lowest BCUT2D eigenvalue weighted by molar-refractivity contribution is -0.135.